The fourth-order valence-electron chi connectivity index (χ4n) is 1.90. The molecule has 0 amide bonds. The van der Waals surface area contributed by atoms with Crippen molar-refractivity contribution in [2.45, 2.75) is 10.1 Å². The Kier molecular flexibility index (Phi) is 5.65. The van der Waals surface area contributed by atoms with Gasteiger partial charge < -0.3 is 5.73 Å². The van der Waals surface area contributed by atoms with Crippen LogP contribution < -0.4 is 5.73 Å². The molecule has 0 radical (unpaired) electrons. The van der Waals surface area contributed by atoms with E-state index in [1.807, 2.05) is 66.7 Å². The minimum atomic E-state index is -0.732. The standard InChI is InChI=1S/C18H15N3S/c19-12-15(13-20)17(11-10-14-6-2-1-3-7-14)22-18-9-5-4-8-16(18)21/h1-11,15,17H,21H2. The molecular formula is C18H15N3S. The quantitative estimate of drug-likeness (QED) is 0.666. The summed E-state index contributed by atoms with van der Waals surface area (Å²) in [5.74, 6) is -0.732. The average molecular weight is 305 g/mol. The monoisotopic (exact) mass is 305 g/mol. The van der Waals surface area contributed by atoms with Crippen LogP contribution in [-0.4, -0.2) is 5.25 Å². The molecule has 0 heterocycles. The second-order valence-electron chi connectivity index (χ2n) is 4.63. The number of nitrogen functional groups attached to an aromatic ring is 1. The zero-order chi connectivity index (χ0) is 15.8. The second-order valence-corrected chi connectivity index (χ2v) is 5.85. The van der Waals surface area contributed by atoms with E-state index in [4.69, 9.17) is 5.73 Å². The van der Waals surface area contributed by atoms with Gasteiger partial charge in [-0.1, -0.05) is 54.6 Å². The lowest BCUT2D eigenvalue weighted by Crippen LogP contribution is -2.11. The predicted octanol–water partition coefficient (Wildman–Crippen LogP) is 4.11. The smallest absolute Gasteiger partial charge is 0.148 e. The highest BCUT2D eigenvalue weighted by Gasteiger charge is 2.20. The summed E-state index contributed by atoms with van der Waals surface area (Å²) in [7, 11) is 0. The third kappa shape index (κ3) is 4.15. The van der Waals surface area contributed by atoms with Crippen LogP contribution in [0.3, 0.4) is 0 Å². The highest BCUT2D eigenvalue weighted by Crippen LogP contribution is 2.33. The normalized spacial score (nSPS) is 12.0. The van der Waals surface area contributed by atoms with Crippen LogP contribution in [0.25, 0.3) is 6.08 Å². The summed E-state index contributed by atoms with van der Waals surface area (Å²) in [6, 6.07) is 21.4. The van der Waals surface area contributed by atoms with E-state index in [0.717, 1.165) is 10.5 Å². The molecule has 0 bridgehead atoms. The van der Waals surface area contributed by atoms with E-state index >= 15 is 0 Å². The second kappa shape index (κ2) is 7.93. The molecule has 22 heavy (non-hydrogen) atoms. The number of hydrogen-bond acceptors (Lipinski definition) is 4. The first-order valence-electron chi connectivity index (χ1n) is 6.78. The van der Waals surface area contributed by atoms with Crippen molar-refractivity contribution in [2.75, 3.05) is 5.73 Å². The van der Waals surface area contributed by atoms with Gasteiger partial charge in [-0.2, -0.15) is 10.5 Å². The number of rotatable bonds is 5. The van der Waals surface area contributed by atoms with Gasteiger partial charge in [0.15, 0.2) is 0 Å². The van der Waals surface area contributed by atoms with Gasteiger partial charge in [0.05, 0.1) is 17.4 Å². The van der Waals surface area contributed by atoms with E-state index < -0.39 is 5.92 Å². The number of nitrogens with zero attached hydrogens (tertiary/aromatic N) is 2. The van der Waals surface area contributed by atoms with Crippen LogP contribution in [0.2, 0.25) is 0 Å². The molecule has 1 atom stereocenters. The highest BCUT2D eigenvalue weighted by atomic mass is 32.2. The number of para-hydroxylation sites is 1. The van der Waals surface area contributed by atoms with Crippen molar-refractivity contribution in [1.82, 2.24) is 0 Å². The van der Waals surface area contributed by atoms with Crippen molar-refractivity contribution in [1.29, 1.82) is 10.5 Å². The largest absolute Gasteiger partial charge is 0.398 e. The number of hydrogen-bond donors (Lipinski definition) is 1. The molecule has 0 aliphatic rings. The van der Waals surface area contributed by atoms with Gasteiger partial charge in [0.2, 0.25) is 0 Å². The van der Waals surface area contributed by atoms with E-state index in [-0.39, 0.29) is 5.25 Å². The number of nitriles is 2. The number of benzene rings is 2. The molecule has 2 rings (SSSR count). The summed E-state index contributed by atoms with van der Waals surface area (Å²) in [6.07, 6.45) is 3.82. The summed E-state index contributed by atoms with van der Waals surface area (Å²) in [5.41, 5.74) is 7.63. The summed E-state index contributed by atoms with van der Waals surface area (Å²) >= 11 is 1.44. The van der Waals surface area contributed by atoms with Crippen LogP contribution in [0.1, 0.15) is 5.56 Å². The van der Waals surface area contributed by atoms with Crippen LogP contribution in [0, 0.1) is 28.6 Å². The minimum Gasteiger partial charge on any atom is -0.398 e. The lowest BCUT2D eigenvalue weighted by Gasteiger charge is -2.14. The van der Waals surface area contributed by atoms with Gasteiger partial charge in [-0.05, 0) is 17.7 Å². The maximum atomic E-state index is 9.19. The van der Waals surface area contributed by atoms with E-state index in [1.54, 1.807) is 0 Å². The first-order valence-corrected chi connectivity index (χ1v) is 7.66. The summed E-state index contributed by atoms with van der Waals surface area (Å²) in [4.78, 5) is 0.876. The molecule has 2 aromatic carbocycles. The lowest BCUT2D eigenvalue weighted by atomic mass is 10.1. The van der Waals surface area contributed by atoms with E-state index in [1.165, 1.54) is 11.8 Å². The van der Waals surface area contributed by atoms with Gasteiger partial charge in [-0.15, -0.1) is 11.8 Å². The van der Waals surface area contributed by atoms with Crippen molar-refractivity contribution in [3.8, 4) is 12.1 Å². The fourth-order valence-corrected chi connectivity index (χ4v) is 2.97. The lowest BCUT2D eigenvalue weighted by molar-refractivity contribution is 0.882. The molecule has 0 spiro atoms. The number of thioether (sulfide) groups is 1. The maximum Gasteiger partial charge on any atom is 0.148 e. The van der Waals surface area contributed by atoms with Gasteiger partial charge in [0.25, 0.3) is 0 Å². The van der Waals surface area contributed by atoms with Crippen molar-refractivity contribution in [2.24, 2.45) is 5.92 Å². The molecule has 1 unspecified atom stereocenters. The van der Waals surface area contributed by atoms with Gasteiger partial charge in [0.1, 0.15) is 5.92 Å². The first-order chi connectivity index (χ1) is 10.7. The van der Waals surface area contributed by atoms with Gasteiger partial charge in [-0.3, -0.25) is 0 Å². The zero-order valence-electron chi connectivity index (χ0n) is 11.9. The van der Waals surface area contributed by atoms with E-state index in [2.05, 4.69) is 12.1 Å². The third-order valence-corrected chi connectivity index (χ3v) is 4.39. The molecule has 4 heteroatoms. The molecule has 3 nitrogen and oxygen atoms in total. The molecule has 2 aromatic rings. The molecule has 0 aliphatic heterocycles. The fraction of sp³-hybridized carbons (Fsp3) is 0.111. The Balaban J connectivity index is 2.24. The Morgan fingerprint density at radius 1 is 0.955 bits per heavy atom. The molecule has 0 saturated carbocycles. The van der Waals surface area contributed by atoms with Crippen molar-refractivity contribution < 1.29 is 0 Å². The summed E-state index contributed by atoms with van der Waals surface area (Å²) in [5, 5.41) is 18.1. The minimum absolute atomic E-state index is 0.278. The summed E-state index contributed by atoms with van der Waals surface area (Å²) < 4.78 is 0. The van der Waals surface area contributed by atoms with Crippen molar-refractivity contribution in [3.05, 3.63) is 66.2 Å². The van der Waals surface area contributed by atoms with Gasteiger partial charge in [-0.25, -0.2) is 0 Å². The Hall–Kier alpha value is -2.69. The third-order valence-electron chi connectivity index (χ3n) is 3.07. The molecule has 2 N–H and O–H groups in total. The van der Waals surface area contributed by atoms with Crippen LogP contribution in [0.5, 0.6) is 0 Å². The van der Waals surface area contributed by atoms with Crippen LogP contribution >= 0.6 is 11.8 Å². The molecule has 0 aliphatic carbocycles. The first kappa shape index (κ1) is 15.7. The van der Waals surface area contributed by atoms with Crippen LogP contribution in [-0.2, 0) is 0 Å². The molecule has 0 aromatic heterocycles. The Morgan fingerprint density at radius 2 is 1.59 bits per heavy atom. The average Bonchev–Trinajstić information content (AvgIpc) is 2.56. The SMILES string of the molecule is N#CC(C#N)C(C=Cc1ccccc1)Sc1ccccc1N. The maximum absolute atomic E-state index is 9.19. The van der Waals surface area contributed by atoms with Crippen LogP contribution in [0.15, 0.2) is 65.6 Å². The van der Waals surface area contributed by atoms with Crippen molar-refractivity contribution in [3.63, 3.8) is 0 Å². The topological polar surface area (TPSA) is 73.6 Å². The number of nitrogens with two attached hydrogens (primary N) is 1. The van der Waals surface area contributed by atoms with E-state index in [0.29, 0.717) is 5.69 Å². The molecule has 108 valence electrons. The predicted molar refractivity (Wildman–Crippen MR) is 90.7 cm³/mol. The molecular weight excluding hydrogens is 290 g/mol. The van der Waals surface area contributed by atoms with Crippen molar-refractivity contribution >= 4 is 23.5 Å². The molecule has 0 saturated heterocycles. The van der Waals surface area contributed by atoms with Gasteiger partial charge in [0, 0.05) is 10.6 Å². The summed E-state index contributed by atoms with van der Waals surface area (Å²) in [6.45, 7) is 0. The van der Waals surface area contributed by atoms with Gasteiger partial charge >= 0.3 is 0 Å². The highest BCUT2D eigenvalue weighted by molar-refractivity contribution is 8.00. The Bertz CT molecular complexity index is 712. The zero-order valence-corrected chi connectivity index (χ0v) is 12.7. The Morgan fingerprint density at radius 3 is 2.23 bits per heavy atom. The Labute approximate surface area is 134 Å². The van der Waals surface area contributed by atoms with Crippen LogP contribution in [0.4, 0.5) is 5.69 Å². The number of anilines is 1. The van der Waals surface area contributed by atoms with E-state index in [9.17, 15) is 10.5 Å². The molecule has 0 fully saturated rings.